The van der Waals surface area contributed by atoms with Crippen molar-refractivity contribution in [1.29, 1.82) is 0 Å². The average Bonchev–Trinajstić information content (AvgIpc) is 2.85. The average molecular weight is 353 g/mol. The smallest absolute Gasteiger partial charge is 0.224 e. The van der Waals surface area contributed by atoms with E-state index in [4.69, 9.17) is 4.74 Å². The van der Waals surface area contributed by atoms with Gasteiger partial charge in [0.15, 0.2) is 9.84 Å². The highest BCUT2D eigenvalue weighted by Gasteiger charge is 2.33. The lowest BCUT2D eigenvalue weighted by molar-refractivity contribution is -0.125. The van der Waals surface area contributed by atoms with E-state index in [1.807, 2.05) is 31.2 Å². The van der Waals surface area contributed by atoms with Gasteiger partial charge < -0.3 is 10.1 Å². The van der Waals surface area contributed by atoms with Gasteiger partial charge in [-0.25, -0.2) is 8.42 Å². The van der Waals surface area contributed by atoms with Crippen LogP contribution in [0.15, 0.2) is 24.3 Å². The van der Waals surface area contributed by atoms with Gasteiger partial charge in [-0.15, -0.1) is 0 Å². The second kappa shape index (κ2) is 7.13. The normalized spacial score (nSPS) is 21.2. The highest BCUT2D eigenvalue weighted by Crippen LogP contribution is 2.24. The fourth-order valence-corrected chi connectivity index (χ4v) is 4.42. The summed E-state index contributed by atoms with van der Waals surface area (Å²) >= 11 is 0. The van der Waals surface area contributed by atoms with Crippen LogP contribution in [0, 0.1) is 5.92 Å². The van der Waals surface area contributed by atoms with Crippen molar-refractivity contribution in [3.05, 3.63) is 29.8 Å². The Morgan fingerprint density at radius 3 is 2.42 bits per heavy atom. The molecular formula is C18H27NO4S. The zero-order valence-electron chi connectivity index (χ0n) is 14.8. The van der Waals surface area contributed by atoms with Crippen molar-refractivity contribution in [3.8, 4) is 5.75 Å². The molecule has 24 heavy (non-hydrogen) atoms. The van der Waals surface area contributed by atoms with Gasteiger partial charge in [0, 0.05) is 0 Å². The summed E-state index contributed by atoms with van der Waals surface area (Å²) in [5.74, 6) is 0.197. The van der Waals surface area contributed by atoms with Gasteiger partial charge in [-0.05, 0) is 36.5 Å². The Morgan fingerprint density at radius 1 is 1.29 bits per heavy atom. The highest BCUT2D eigenvalue weighted by molar-refractivity contribution is 7.91. The Balaban J connectivity index is 1.81. The van der Waals surface area contributed by atoms with Crippen LogP contribution in [-0.2, 0) is 20.0 Å². The van der Waals surface area contributed by atoms with Crippen LogP contribution in [0.25, 0.3) is 0 Å². The van der Waals surface area contributed by atoms with E-state index < -0.39 is 15.8 Å². The summed E-state index contributed by atoms with van der Waals surface area (Å²) in [5.41, 5.74) is 1.33. The van der Waals surface area contributed by atoms with E-state index >= 15 is 0 Å². The second-order valence-corrected chi connectivity index (χ2v) is 9.82. The zero-order valence-corrected chi connectivity index (χ0v) is 15.7. The predicted octanol–water partition coefficient (Wildman–Crippen LogP) is 2.30. The van der Waals surface area contributed by atoms with Crippen molar-refractivity contribution in [2.75, 3.05) is 18.1 Å². The van der Waals surface area contributed by atoms with Crippen molar-refractivity contribution >= 4 is 15.7 Å². The van der Waals surface area contributed by atoms with E-state index in [-0.39, 0.29) is 28.9 Å². The molecule has 0 aliphatic carbocycles. The topological polar surface area (TPSA) is 72.5 Å². The maximum Gasteiger partial charge on any atom is 0.224 e. The Kier molecular flexibility index (Phi) is 5.58. The highest BCUT2D eigenvalue weighted by atomic mass is 32.2. The molecule has 1 aliphatic rings. The van der Waals surface area contributed by atoms with E-state index in [2.05, 4.69) is 26.1 Å². The first-order chi connectivity index (χ1) is 11.1. The van der Waals surface area contributed by atoms with Crippen molar-refractivity contribution in [2.45, 2.75) is 45.6 Å². The van der Waals surface area contributed by atoms with E-state index in [1.54, 1.807) is 0 Å². The number of amides is 1. The minimum absolute atomic E-state index is 0.0410. The van der Waals surface area contributed by atoms with Gasteiger partial charge in [0.25, 0.3) is 0 Å². The lowest BCUT2D eigenvalue weighted by atomic mass is 9.87. The molecule has 2 atom stereocenters. The molecule has 2 rings (SSSR count). The summed E-state index contributed by atoms with van der Waals surface area (Å²) in [6.45, 7) is 8.67. The molecular weight excluding hydrogens is 326 g/mol. The van der Waals surface area contributed by atoms with E-state index in [1.165, 1.54) is 5.56 Å². The SMILES string of the molecule is CC(COc1ccc(C(C)(C)C)cc1)NC(=O)C1CCS(=O)(=O)C1. The lowest BCUT2D eigenvalue weighted by Gasteiger charge is -2.20. The number of sulfone groups is 1. The molecule has 6 heteroatoms. The standard InChI is InChI=1S/C18H27NO4S/c1-13(19-17(20)14-9-10-24(21,22)12-14)11-23-16-7-5-15(6-8-16)18(2,3)4/h5-8,13-14H,9-12H2,1-4H3,(H,19,20). The van der Waals surface area contributed by atoms with Crippen LogP contribution in [0.3, 0.4) is 0 Å². The minimum Gasteiger partial charge on any atom is -0.491 e. The minimum atomic E-state index is -3.04. The molecule has 0 bridgehead atoms. The monoisotopic (exact) mass is 353 g/mol. The summed E-state index contributed by atoms with van der Waals surface area (Å²) in [4.78, 5) is 12.1. The van der Waals surface area contributed by atoms with Crippen LogP contribution in [0.4, 0.5) is 0 Å². The number of nitrogens with one attached hydrogen (secondary N) is 1. The van der Waals surface area contributed by atoms with Crippen LogP contribution in [0.1, 0.15) is 39.7 Å². The molecule has 1 heterocycles. The van der Waals surface area contributed by atoms with Crippen molar-refractivity contribution in [2.24, 2.45) is 5.92 Å². The van der Waals surface area contributed by atoms with Gasteiger partial charge >= 0.3 is 0 Å². The molecule has 1 aliphatic heterocycles. The Labute approximate surface area is 144 Å². The number of carbonyl (C=O) groups excluding carboxylic acids is 1. The molecule has 1 saturated heterocycles. The van der Waals surface area contributed by atoms with Gasteiger partial charge in [-0.1, -0.05) is 32.9 Å². The summed E-state index contributed by atoms with van der Waals surface area (Å²) in [7, 11) is -3.04. The van der Waals surface area contributed by atoms with Crippen LogP contribution < -0.4 is 10.1 Å². The van der Waals surface area contributed by atoms with Gasteiger partial charge in [0.05, 0.1) is 23.5 Å². The summed E-state index contributed by atoms with van der Waals surface area (Å²) < 4.78 is 28.6. The first kappa shape index (κ1) is 18.8. The summed E-state index contributed by atoms with van der Waals surface area (Å²) in [6.07, 6.45) is 0.413. The number of carbonyl (C=O) groups is 1. The zero-order chi connectivity index (χ0) is 18.0. The number of benzene rings is 1. The van der Waals surface area contributed by atoms with Gasteiger partial charge in [-0.2, -0.15) is 0 Å². The molecule has 1 N–H and O–H groups in total. The molecule has 0 spiro atoms. The van der Waals surface area contributed by atoms with E-state index in [0.29, 0.717) is 13.0 Å². The Morgan fingerprint density at radius 2 is 1.92 bits per heavy atom. The largest absolute Gasteiger partial charge is 0.491 e. The number of rotatable bonds is 5. The lowest BCUT2D eigenvalue weighted by Crippen LogP contribution is -2.40. The molecule has 0 saturated carbocycles. The molecule has 1 aromatic rings. The molecule has 1 amide bonds. The molecule has 5 nitrogen and oxygen atoms in total. The van der Waals surface area contributed by atoms with Crippen molar-refractivity contribution in [3.63, 3.8) is 0 Å². The van der Waals surface area contributed by atoms with Crippen LogP contribution in [-0.4, -0.2) is 38.5 Å². The van der Waals surface area contributed by atoms with E-state index in [9.17, 15) is 13.2 Å². The number of hydrogen-bond acceptors (Lipinski definition) is 4. The second-order valence-electron chi connectivity index (χ2n) is 7.59. The molecule has 1 fully saturated rings. The maximum atomic E-state index is 12.1. The van der Waals surface area contributed by atoms with E-state index in [0.717, 1.165) is 5.75 Å². The molecule has 0 aromatic heterocycles. The molecule has 0 radical (unpaired) electrons. The van der Waals surface area contributed by atoms with Crippen LogP contribution in [0.2, 0.25) is 0 Å². The summed E-state index contributed by atoms with van der Waals surface area (Å²) in [6, 6.07) is 7.77. The molecule has 1 aromatic carbocycles. The third-order valence-corrected chi connectivity index (χ3v) is 5.98. The quantitative estimate of drug-likeness (QED) is 0.882. The fourth-order valence-electron chi connectivity index (χ4n) is 2.68. The summed E-state index contributed by atoms with van der Waals surface area (Å²) in [5, 5.41) is 2.84. The van der Waals surface area contributed by atoms with Crippen LogP contribution in [0.5, 0.6) is 5.75 Å². The third-order valence-electron chi connectivity index (χ3n) is 4.21. The predicted molar refractivity (Wildman–Crippen MR) is 95.0 cm³/mol. The van der Waals surface area contributed by atoms with Gasteiger partial charge in [-0.3, -0.25) is 4.79 Å². The number of ether oxygens (including phenoxy) is 1. The fraction of sp³-hybridized carbons (Fsp3) is 0.611. The Hall–Kier alpha value is -1.56. The first-order valence-corrected chi connectivity index (χ1v) is 10.1. The van der Waals surface area contributed by atoms with Gasteiger partial charge in [0.2, 0.25) is 5.91 Å². The van der Waals surface area contributed by atoms with Crippen molar-refractivity contribution in [1.82, 2.24) is 5.32 Å². The maximum absolute atomic E-state index is 12.1. The Bertz CT molecular complexity index is 674. The third kappa shape index (κ3) is 5.23. The van der Waals surface area contributed by atoms with Crippen molar-refractivity contribution < 1.29 is 17.9 Å². The van der Waals surface area contributed by atoms with Crippen LogP contribution >= 0.6 is 0 Å². The first-order valence-electron chi connectivity index (χ1n) is 8.31. The molecule has 2 unspecified atom stereocenters. The van der Waals surface area contributed by atoms with Gasteiger partial charge in [0.1, 0.15) is 12.4 Å². The molecule has 134 valence electrons. The number of hydrogen-bond donors (Lipinski definition) is 1.